The number of para-hydroxylation sites is 1. The van der Waals surface area contributed by atoms with E-state index in [1.165, 1.54) is 19.2 Å². The number of nitrogens with one attached hydrogen (secondary N) is 1. The van der Waals surface area contributed by atoms with Gasteiger partial charge >= 0.3 is 0 Å². The Bertz CT molecular complexity index is 1260. The van der Waals surface area contributed by atoms with Crippen molar-refractivity contribution < 1.29 is 14.3 Å². The van der Waals surface area contributed by atoms with Crippen LogP contribution in [0.3, 0.4) is 0 Å². The Balaban J connectivity index is 1.56. The normalized spacial score (nSPS) is 14.7. The summed E-state index contributed by atoms with van der Waals surface area (Å²) in [6.07, 6.45) is 0.741. The van der Waals surface area contributed by atoms with E-state index in [1.54, 1.807) is 23.1 Å². The summed E-state index contributed by atoms with van der Waals surface area (Å²) in [5.41, 5.74) is 1.87. The van der Waals surface area contributed by atoms with Gasteiger partial charge in [-0.2, -0.15) is 5.10 Å². The fourth-order valence-electron chi connectivity index (χ4n) is 3.78. The van der Waals surface area contributed by atoms with Gasteiger partial charge in [0.25, 0.3) is 11.5 Å². The van der Waals surface area contributed by atoms with E-state index in [0.717, 1.165) is 22.4 Å². The molecule has 8 nitrogen and oxygen atoms in total. The van der Waals surface area contributed by atoms with E-state index < -0.39 is 11.5 Å². The quantitative estimate of drug-likeness (QED) is 0.642. The molecule has 9 heteroatoms. The first-order valence-electron chi connectivity index (χ1n) is 10.0. The van der Waals surface area contributed by atoms with E-state index >= 15 is 0 Å². The number of fused-ring (bicyclic) bond motifs is 1. The minimum atomic E-state index is -0.510. The van der Waals surface area contributed by atoms with Crippen molar-refractivity contribution in [1.82, 2.24) is 9.78 Å². The lowest BCUT2D eigenvalue weighted by atomic mass is 10.1. The molecule has 1 aliphatic rings. The molecule has 2 amide bonds. The SMILES string of the molecule is COc1ccc(Cl)cc1NC(=O)Cn1nc(C(=O)N2c3ccccc3C[C@H]2C)ccc1=O. The molecular formula is C23H21ClN4O4. The van der Waals surface area contributed by atoms with Crippen LogP contribution in [0.15, 0.2) is 59.4 Å². The van der Waals surface area contributed by atoms with Crippen molar-refractivity contribution >= 4 is 34.8 Å². The van der Waals surface area contributed by atoms with Gasteiger partial charge in [0.05, 0.1) is 12.8 Å². The van der Waals surface area contributed by atoms with Crippen LogP contribution in [0.1, 0.15) is 23.0 Å². The molecule has 0 spiro atoms. The summed E-state index contributed by atoms with van der Waals surface area (Å²) >= 11 is 5.99. The monoisotopic (exact) mass is 452 g/mol. The van der Waals surface area contributed by atoms with Gasteiger partial charge in [-0.15, -0.1) is 0 Å². The zero-order valence-electron chi connectivity index (χ0n) is 17.5. The largest absolute Gasteiger partial charge is 0.495 e. The number of amides is 2. The van der Waals surface area contributed by atoms with Gasteiger partial charge in [-0.1, -0.05) is 29.8 Å². The molecule has 164 valence electrons. The van der Waals surface area contributed by atoms with Crippen LogP contribution >= 0.6 is 11.6 Å². The van der Waals surface area contributed by atoms with E-state index in [2.05, 4.69) is 10.4 Å². The van der Waals surface area contributed by atoms with Gasteiger partial charge in [0, 0.05) is 22.8 Å². The molecule has 3 aromatic rings. The second kappa shape index (κ2) is 8.84. The highest BCUT2D eigenvalue weighted by Crippen LogP contribution is 2.32. The summed E-state index contributed by atoms with van der Waals surface area (Å²) in [4.78, 5) is 39.7. The summed E-state index contributed by atoms with van der Waals surface area (Å²) < 4.78 is 6.18. The maximum atomic E-state index is 13.2. The minimum Gasteiger partial charge on any atom is -0.495 e. The molecule has 0 bridgehead atoms. The molecule has 2 heterocycles. The zero-order chi connectivity index (χ0) is 22.8. The molecular weight excluding hydrogens is 432 g/mol. The van der Waals surface area contributed by atoms with Crippen LogP contribution in [0.2, 0.25) is 5.02 Å². The number of carbonyl (C=O) groups excluding carboxylic acids is 2. The molecule has 0 aliphatic carbocycles. The average molecular weight is 453 g/mol. The van der Waals surface area contributed by atoms with Gasteiger partial charge in [-0.25, -0.2) is 4.68 Å². The van der Waals surface area contributed by atoms with Crippen molar-refractivity contribution in [3.63, 3.8) is 0 Å². The van der Waals surface area contributed by atoms with Crippen molar-refractivity contribution in [3.8, 4) is 5.75 Å². The first-order valence-corrected chi connectivity index (χ1v) is 10.4. The Kier molecular flexibility index (Phi) is 5.96. The first kappa shape index (κ1) is 21.6. The lowest BCUT2D eigenvalue weighted by molar-refractivity contribution is -0.117. The van der Waals surface area contributed by atoms with E-state index in [-0.39, 0.29) is 24.2 Å². The van der Waals surface area contributed by atoms with Crippen LogP contribution in [-0.4, -0.2) is 34.7 Å². The maximum absolute atomic E-state index is 13.2. The number of anilines is 2. The summed E-state index contributed by atoms with van der Waals surface area (Å²) in [6, 6.07) is 15.1. The Morgan fingerprint density at radius 1 is 1.19 bits per heavy atom. The number of ether oxygens (including phenoxy) is 1. The zero-order valence-corrected chi connectivity index (χ0v) is 18.3. The molecule has 0 unspecified atom stereocenters. The standard InChI is InChI=1S/C23H21ClN4O4/c1-14-11-15-5-3-4-6-19(15)28(14)23(31)17-8-10-22(30)27(26-17)13-21(29)25-18-12-16(24)7-9-20(18)32-2/h3-10,12,14H,11,13H2,1-2H3,(H,25,29)/t14-/m1/s1. The number of rotatable bonds is 5. The van der Waals surface area contributed by atoms with Gasteiger partial charge in [0.15, 0.2) is 0 Å². The van der Waals surface area contributed by atoms with Gasteiger partial charge in [0.2, 0.25) is 5.91 Å². The highest BCUT2D eigenvalue weighted by atomic mass is 35.5. The molecule has 0 saturated carbocycles. The van der Waals surface area contributed by atoms with E-state index in [0.29, 0.717) is 16.5 Å². The van der Waals surface area contributed by atoms with Gasteiger partial charge in [-0.3, -0.25) is 14.4 Å². The Hall–Kier alpha value is -3.65. The van der Waals surface area contributed by atoms with Crippen molar-refractivity contribution in [2.45, 2.75) is 25.9 Å². The lowest BCUT2D eigenvalue weighted by Gasteiger charge is -2.22. The minimum absolute atomic E-state index is 0.0410. The fourth-order valence-corrected chi connectivity index (χ4v) is 3.95. The van der Waals surface area contributed by atoms with Crippen molar-refractivity contribution in [2.24, 2.45) is 0 Å². The molecule has 4 rings (SSSR count). The topological polar surface area (TPSA) is 93.5 Å². The van der Waals surface area contributed by atoms with Crippen LogP contribution in [-0.2, 0) is 17.8 Å². The summed E-state index contributed by atoms with van der Waals surface area (Å²) in [7, 11) is 1.47. The van der Waals surface area contributed by atoms with Gasteiger partial charge in [0.1, 0.15) is 18.0 Å². The number of nitrogens with zero attached hydrogens (tertiary/aromatic N) is 3. The second-order valence-electron chi connectivity index (χ2n) is 7.46. The predicted octanol–water partition coefficient (Wildman–Crippen LogP) is 3.14. The molecule has 1 N–H and O–H groups in total. The molecule has 1 aliphatic heterocycles. The van der Waals surface area contributed by atoms with Crippen molar-refractivity contribution in [3.05, 3.63) is 81.2 Å². The average Bonchev–Trinajstić information content (AvgIpc) is 3.10. The van der Waals surface area contributed by atoms with Crippen LogP contribution in [0.5, 0.6) is 5.75 Å². The highest BCUT2D eigenvalue weighted by Gasteiger charge is 2.32. The number of carbonyl (C=O) groups is 2. The number of benzene rings is 2. The third kappa shape index (κ3) is 4.22. The smallest absolute Gasteiger partial charge is 0.278 e. The molecule has 0 radical (unpaired) electrons. The Morgan fingerprint density at radius 3 is 2.75 bits per heavy atom. The lowest BCUT2D eigenvalue weighted by Crippen LogP contribution is -2.38. The van der Waals surface area contributed by atoms with Crippen LogP contribution in [0, 0.1) is 0 Å². The third-order valence-corrected chi connectivity index (χ3v) is 5.48. The van der Waals surface area contributed by atoms with E-state index in [9.17, 15) is 14.4 Å². The van der Waals surface area contributed by atoms with Crippen LogP contribution in [0.25, 0.3) is 0 Å². The molecule has 1 atom stereocenters. The molecule has 32 heavy (non-hydrogen) atoms. The highest BCUT2D eigenvalue weighted by molar-refractivity contribution is 6.31. The second-order valence-corrected chi connectivity index (χ2v) is 7.90. The molecule has 1 aromatic heterocycles. The number of hydrogen-bond acceptors (Lipinski definition) is 5. The third-order valence-electron chi connectivity index (χ3n) is 5.24. The van der Waals surface area contributed by atoms with Crippen LogP contribution in [0.4, 0.5) is 11.4 Å². The number of methoxy groups -OCH3 is 1. The van der Waals surface area contributed by atoms with Crippen molar-refractivity contribution in [1.29, 1.82) is 0 Å². The number of halogens is 1. The number of aromatic nitrogens is 2. The number of hydrogen-bond donors (Lipinski definition) is 1. The molecule has 0 saturated heterocycles. The summed E-state index contributed by atoms with van der Waals surface area (Å²) in [6.45, 7) is 1.58. The predicted molar refractivity (Wildman–Crippen MR) is 122 cm³/mol. The fraction of sp³-hybridized carbons (Fsp3) is 0.217. The maximum Gasteiger partial charge on any atom is 0.278 e. The van der Waals surface area contributed by atoms with E-state index in [1.807, 2.05) is 31.2 Å². The molecule has 2 aromatic carbocycles. The van der Waals surface area contributed by atoms with E-state index in [4.69, 9.17) is 16.3 Å². The Labute approximate surface area is 189 Å². The molecule has 0 fully saturated rings. The van der Waals surface area contributed by atoms with Gasteiger partial charge in [-0.05, 0) is 49.2 Å². The van der Waals surface area contributed by atoms with Gasteiger partial charge < -0.3 is 15.0 Å². The van der Waals surface area contributed by atoms with Crippen LogP contribution < -0.4 is 20.5 Å². The Morgan fingerprint density at radius 2 is 1.97 bits per heavy atom. The first-order chi connectivity index (χ1) is 15.4. The van der Waals surface area contributed by atoms with Crippen molar-refractivity contribution in [2.75, 3.05) is 17.3 Å². The summed E-state index contributed by atoms with van der Waals surface area (Å²) in [5, 5.41) is 7.24. The summed E-state index contributed by atoms with van der Waals surface area (Å²) in [5.74, 6) is -0.411.